The number of nitrogens with zero attached hydrogens (tertiary/aromatic N) is 2. The standard InChI is InChI=1S/C16H27N3O5S/c1-3-19-15-13(7-4-10-23-11-6-9-17-16(15)20)14(18-19)8-5-12-24-25(2,21)22/h3-12H2,1-2H3,(H,17,20). The number of aromatic nitrogens is 2. The van der Waals surface area contributed by atoms with Gasteiger partial charge < -0.3 is 10.1 Å². The molecule has 0 atom stereocenters. The first-order valence-electron chi connectivity index (χ1n) is 8.71. The van der Waals surface area contributed by atoms with Crippen molar-refractivity contribution in [3.8, 4) is 0 Å². The number of hydrogen-bond acceptors (Lipinski definition) is 6. The molecule has 25 heavy (non-hydrogen) atoms. The summed E-state index contributed by atoms with van der Waals surface area (Å²) in [6.07, 6.45) is 4.45. The van der Waals surface area contributed by atoms with E-state index in [0.717, 1.165) is 30.4 Å². The van der Waals surface area contributed by atoms with Crippen LogP contribution in [0, 0.1) is 0 Å². The van der Waals surface area contributed by atoms with Gasteiger partial charge in [-0.15, -0.1) is 0 Å². The van der Waals surface area contributed by atoms with Crippen LogP contribution in [0.5, 0.6) is 0 Å². The fraction of sp³-hybridized carbons (Fsp3) is 0.750. The van der Waals surface area contributed by atoms with E-state index in [0.29, 0.717) is 51.3 Å². The molecular formula is C16H27N3O5S. The van der Waals surface area contributed by atoms with Crippen molar-refractivity contribution in [1.29, 1.82) is 0 Å². The molecule has 1 aliphatic heterocycles. The lowest BCUT2D eigenvalue weighted by Gasteiger charge is -2.08. The minimum Gasteiger partial charge on any atom is -0.381 e. The lowest BCUT2D eigenvalue weighted by molar-refractivity contribution is 0.0934. The third-order valence-corrected chi connectivity index (χ3v) is 4.56. The molecule has 0 aromatic carbocycles. The monoisotopic (exact) mass is 373 g/mol. The van der Waals surface area contributed by atoms with Crippen molar-refractivity contribution in [3.05, 3.63) is 17.0 Å². The predicted molar refractivity (Wildman–Crippen MR) is 93.1 cm³/mol. The van der Waals surface area contributed by atoms with Crippen LogP contribution in [0.25, 0.3) is 0 Å². The van der Waals surface area contributed by atoms with Gasteiger partial charge in [-0.1, -0.05) is 0 Å². The van der Waals surface area contributed by atoms with E-state index in [-0.39, 0.29) is 12.5 Å². The molecule has 0 aliphatic carbocycles. The van der Waals surface area contributed by atoms with Gasteiger partial charge in [0.1, 0.15) is 5.69 Å². The summed E-state index contributed by atoms with van der Waals surface area (Å²) in [7, 11) is -3.43. The first-order chi connectivity index (χ1) is 11.9. The fourth-order valence-electron chi connectivity index (χ4n) is 2.86. The summed E-state index contributed by atoms with van der Waals surface area (Å²) in [5.74, 6) is -0.107. The molecule has 1 aliphatic rings. The van der Waals surface area contributed by atoms with E-state index in [1.807, 2.05) is 6.92 Å². The highest BCUT2D eigenvalue weighted by Gasteiger charge is 2.22. The van der Waals surface area contributed by atoms with E-state index in [1.165, 1.54) is 0 Å². The molecule has 142 valence electrons. The molecule has 0 radical (unpaired) electrons. The minimum atomic E-state index is -3.43. The van der Waals surface area contributed by atoms with E-state index in [4.69, 9.17) is 8.92 Å². The summed E-state index contributed by atoms with van der Waals surface area (Å²) in [4.78, 5) is 12.6. The molecule has 2 heterocycles. The quantitative estimate of drug-likeness (QED) is 0.587. The second-order valence-corrected chi connectivity index (χ2v) is 7.69. The summed E-state index contributed by atoms with van der Waals surface area (Å²) >= 11 is 0. The van der Waals surface area contributed by atoms with Crippen molar-refractivity contribution < 1.29 is 22.1 Å². The Labute approximate surface area is 149 Å². The molecular weight excluding hydrogens is 346 g/mol. The van der Waals surface area contributed by atoms with Gasteiger partial charge >= 0.3 is 0 Å². The van der Waals surface area contributed by atoms with Crippen molar-refractivity contribution in [2.75, 3.05) is 32.6 Å². The van der Waals surface area contributed by atoms with Crippen LogP contribution in [-0.2, 0) is 38.4 Å². The highest BCUT2D eigenvalue weighted by atomic mass is 32.2. The number of amides is 1. The average Bonchev–Trinajstić information content (AvgIpc) is 2.88. The molecule has 8 nitrogen and oxygen atoms in total. The predicted octanol–water partition coefficient (Wildman–Crippen LogP) is 0.895. The molecule has 0 bridgehead atoms. The molecule has 0 saturated carbocycles. The smallest absolute Gasteiger partial charge is 0.269 e. The maximum Gasteiger partial charge on any atom is 0.269 e. The highest BCUT2D eigenvalue weighted by molar-refractivity contribution is 7.85. The Morgan fingerprint density at radius 3 is 2.80 bits per heavy atom. The van der Waals surface area contributed by atoms with E-state index >= 15 is 0 Å². The van der Waals surface area contributed by atoms with Crippen LogP contribution < -0.4 is 5.32 Å². The molecule has 1 aromatic rings. The first-order valence-corrected chi connectivity index (χ1v) is 10.5. The molecule has 2 rings (SSSR count). The second-order valence-electron chi connectivity index (χ2n) is 6.04. The second kappa shape index (κ2) is 9.30. The number of carbonyl (C=O) groups is 1. The zero-order chi connectivity index (χ0) is 18.3. The maximum absolute atomic E-state index is 12.6. The molecule has 9 heteroatoms. The van der Waals surface area contributed by atoms with Crippen LogP contribution in [-0.4, -0.2) is 56.7 Å². The largest absolute Gasteiger partial charge is 0.381 e. The number of aryl methyl sites for hydroxylation is 2. The van der Waals surface area contributed by atoms with Gasteiger partial charge in [-0.3, -0.25) is 13.7 Å². The lowest BCUT2D eigenvalue weighted by Crippen LogP contribution is -2.28. The Hall–Kier alpha value is -1.45. The van der Waals surface area contributed by atoms with Gasteiger partial charge in [-0.2, -0.15) is 13.5 Å². The van der Waals surface area contributed by atoms with Gasteiger partial charge in [0.2, 0.25) is 0 Å². The Morgan fingerprint density at radius 2 is 2.08 bits per heavy atom. The van der Waals surface area contributed by atoms with E-state index in [1.54, 1.807) is 4.68 Å². The van der Waals surface area contributed by atoms with Crippen molar-refractivity contribution in [3.63, 3.8) is 0 Å². The van der Waals surface area contributed by atoms with Gasteiger partial charge in [0.15, 0.2) is 0 Å². The van der Waals surface area contributed by atoms with Crippen molar-refractivity contribution >= 4 is 16.0 Å². The van der Waals surface area contributed by atoms with Gasteiger partial charge in [0.05, 0.1) is 18.6 Å². The Bertz CT molecular complexity index is 684. The van der Waals surface area contributed by atoms with Crippen LogP contribution >= 0.6 is 0 Å². The molecule has 0 fully saturated rings. The number of rotatable bonds is 6. The molecule has 1 amide bonds. The van der Waals surface area contributed by atoms with Crippen molar-refractivity contribution in [2.24, 2.45) is 0 Å². The average molecular weight is 373 g/mol. The lowest BCUT2D eigenvalue weighted by atomic mass is 10.0. The summed E-state index contributed by atoms with van der Waals surface area (Å²) in [6.45, 7) is 4.54. The topological polar surface area (TPSA) is 99.5 Å². The maximum atomic E-state index is 12.6. The summed E-state index contributed by atoms with van der Waals surface area (Å²) in [5, 5.41) is 7.50. The van der Waals surface area contributed by atoms with E-state index in [2.05, 4.69) is 10.4 Å². The number of hydrogen-bond donors (Lipinski definition) is 1. The third kappa shape index (κ3) is 6.09. The number of carbonyl (C=O) groups excluding carboxylic acids is 1. The molecule has 1 aromatic heterocycles. The summed E-state index contributed by atoms with van der Waals surface area (Å²) in [6, 6.07) is 0. The van der Waals surface area contributed by atoms with Gasteiger partial charge in [0.25, 0.3) is 16.0 Å². The van der Waals surface area contributed by atoms with Crippen LogP contribution in [0.1, 0.15) is 47.9 Å². The molecule has 0 spiro atoms. The van der Waals surface area contributed by atoms with E-state index < -0.39 is 10.1 Å². The number of nitrogens with one attached hydrogen (secondary N) is 1. The Balaban J connectivity index is 2.17. The van der Waals surface area contributed by atoms with Gasteiger partial charge in [0, 0.05) is 31.9 Å². The van der Waals surface area contributed by atoms with Crippen LogP contribution in [0.2, 0.25) is 0 Å². The zero-order valence-corrected chi connectivity index (χ0v) is 15.7. The van der Waals surface area contributed by atoms with Crippen LogP contribution in [0.4, 0.5) is 0 Å². The van der Waals surface area contributed by atoms with Crippen molar-refractivity contribution in [1.82, 2.24) is 15.1 Å². The van der Waals surface area contributed by atoms with Gasteiger partial charge in [-0.05, 0) is 39.0 Å². The SMILES string of the molecule is CCn1nc(CCCOS(C)(=O)=O)c2c1C(=O)NCCCOCCC2. The molecule has 0 saturated heterocycles. The first kappa shape index (κ1) is 19.9. The summed E-state index contributed by atoms with van der Waals surface area (Å²) < 4.78 is 34.2. The van der Waals surface area contributed by atoms with Crippen LogP contribution in [0.3, 0.4) is 0 Å². The Kier molecular flexibility index (Phi) is 7.39. The number of ether oxygens (including phenoxy) is 1. The number of fused-ring (bicyclic) bond motifs is 1. The molecule has 1 N–H and O–H groups in total. The third-order valence-electron chi connectivity index (χ3n) is 3.97. The Morgan fingerprint density at radius 1 is 1.32 bits per heavy atom. The minimum absolute atomic E-state index is 0.107. The zero-order valence-electron chi connectivity index (χ0n) is 14.9. The van der Waals surface area contributed by atoms with Crippen molar-refractivity contribution in [2.45, 2.75) is 45.6 Å². The van der Waals surface area contributed by atoms with Gasteiger partial charge in [-0.25, -0.2) is 0 Å². The highest BCUT2D eigenvalue weighted by Crippen LogP contribution is 2.19. The summed E-state index contributed by atoms with van der Waals surface area (Å²) in [5.41, 5.74) is 2.39. The fourth-order valence-corrected chi connectivity index (χ4v) is 3.28. The van der Waals surface area contributed by atoms with Crippen LogP contribution in [0.15, 0.2) is 0 Å². The molecule has 0 unspecified atom stereocenters. The van der Waals surface area contributed by atoms with E-state index in [9.17, 15) is 13.2 Å². The normalized spacial score (nSPS) is 16.8.